The van der Waals surface area contributed by atoms with Gasteiger partial charge < -0.3 is 9.94 Å². The fraction of sp³-hybridized carbons (Fsp3) is 0.0714. The highest BCUT2D eigenvalue weighted by Gasteiger charge is 2.15. The molecule has 0 unspecified atom stereocenters. The van der Waals surface area contributed by atoms with E-state index in [9.17, 15) is 10.1 Å². The van der Waals surface area contributed by atoms with Crippen LogP contribution in [0.2, 0.25) is 0 Å². The number of nitroso groups, excluding NO2 is 1. The molecule has 2 aromatic carbocycles. The Kier molecular flexibility index (Phi) is 2.83. The smallest absolute Gasteiger partial charge is 0.180 e. The quantitative estimate of drug-likeness (QED) is 0.584. The monoisotopic (exact) mass is 269 g/mol. The highest BCUT2D eigenvalue weighted by molar-refractivity contribution is 5.83. The van der Waals surface area contributed by atoms with Crippen molar-refractivity contribution in [1.82, 2.24) is 9.71 Å². The zero-order valence-corrected chi connectivity index (χ0v) is 10.6. The molecule has 0 atom stereocenters. The predicted octanol–water partition coefficient (Wildman–Crippen LogP) is 3.35. The normalized spacial score (nSPS) is 10.7. The van der Waals surface area contributed by atoms with E-state index in [0.29, 0.717) is 28.2 Å². The molecular weight excluding hydrogens is 258 g/mol. The first kappa shape index (κ1) is 12.2. The van der Waals surface area contributed by atoms with E-state index in [1.807, 2.05) is 12.1 Å². The van der Waals surface area contributed by atoms with E-state index in [-0.39, 0.29) is 5.69 Å². The van der Waals surface area contributed by atoms with E-state index >= 15 is 0 Å². The summed E-state index contributed by atoms with van der Waals surface area (Å²) >= 11 is 0. The summed E-state index contributed by atoms with van der Waals surface area (Å²) in [5.74, 6) is 0.951. The van der Waals surface area contributed by atoms with E-state index in [1.54, 1.807) is 31.4 Å². The molecule has 3 aromatic rings. The van der Waals surface area contributed by atoms with Crippen LogP contribution in [-0.4, -0.2) is 22.0 Å². The molecule has 100 valence electrons. The number of fused-ring (bicyclic) bond motifs is 1. The van der Waals surface area contributed by atoms with Gasteiger partial charge in [0, 0.05) is 0 Å². The Labute approximate surface area is 114 Å². The Morgan fingerprint density at radius 2 is 2.05 bits per heavy atom. The molecule has 0 saturated heterocycles. The molecule has 6 heteroatoms. The van der Waals surface area contributed by atoms with Crippen LogP contribution in [0.4, 0.5) is 5.69 Å². The van der Waals surface area contributed by atoms with Crippen molar-refractivity contribution in [1.29, 1.82) is 0 Å². The molecule has 0 saturated carbocycles. The number of aromatic nitrogens is 2. The molecule has 1 N–H and O–H groups in total. The summed E-state index contributed by atoms with van der Waals surface area (Å²) in [4.78, 5) is 14.9. The Hall–Kier alpha value is -2.89. The number of hydrogen-bond acceptors (Lipinski definition) is 5. The van der Waals surface area contributed by atoms with Crippen LogP contribution in [0.5, 0.6) is 5.75 Å². The van der Waals surface area contributed by atoms with Gasteiger partial charge in [0.05, 0.1) is 18.2 Å². The summed E-state index contributed by atoms with van der Waals surface area (Å²) in [5.41, 5.74) is 1.89. The average Bonchev–Trinajstić information content (AvgIpc) is 2.83. The Bertz CT molecular complexity index is 795. The van der Waals surface area contributed by atoms with Crippen LogP contribution >= 0.6 is 0 Å². The Balaban J connectivity index is 2.26. The molecule has 6 nitrogen and oxygen atoms in total. The van der Waals surface area contributed by atoms with Gasteiger partial charge in [-0.2, -0.15) is 4.73 Å². The fourth-order valence-electron chi connectivity index (χ4n) is 2.11. The molecule has 3 rings (SSSR count). The lowest BCUT2D eigenvalue weighted by molar-refractivity contribution is 0.203. The number of imidazole rings is 1. The second-order valence-corrected chi connectivity index (χ2v) is 4.21. The van der Waals surface area contributed by atoms with Crippen molar-refractivity contribution < 1.29 is 9.94 Å². The van der Waals surface area contributed by atoms with E-state index in [1.165, 1.54) is 6.07 Å². The van der Waals surface area contributed by atoms with Gasteiger partial charge in [-0.3, -0.25) is 0 Å². The molecule has 1 heterocycles. The lowest BCUT2D eigenvalue weighted by Crippen LogP contribution is -1.96. The number of ether oxygens (including phenoxy) is 1. The maximum absolute atomic E-state index is 10.6. The van der Waals surface area contributed by atoms with Crippen molar-refractivity contribution in [2.45, 2.75) is 0 Å². The van der Waals surface area contributed by atoms with E-state index in [2.05, 4.69) is 10.2 Å². The predicted molar refractivity (Wildman–Crippen MR) is 74.4 cm³/mol. The van der Waals surface area contributed by atoms with Crippen molar-refractivity contribution >= 4 is 16.7 Å². The number of nitrogens with zero attached hydrogens (tertiary/aromatic N) is 3. The molecular formula is C14H11N3O3. The molecule has 0 aliphatic rings. The first-order valence-electron chi connectivity index (χ1n) is 5.93. The maximum atomic E-state index is 10.6. The Morgan fingerprint density at radius 3 is 2.80 bits per heavy atom. The van der Waals surface area contributed by atoms with Gasteiger partial charge >= 0.3 is 0 Å². The lowest BCUT2D eigenvalue weighted by Gasteiger charge is -2.06. The molecule has 0 bridgehead atoms. The molecule has 1 aromatic heterocycles. The summed E-state index contributed by atoms with van der Waals surface area (Å²) in [7, 11) is 1.55. The number of hydrogen-bond donors (Lipinski definition) is 1. The van der Waals surface area contributed by atoms with Crippen molar-refractivity contribution in [2.75, 3.05) is 7.11 Å². The zero-order chi connectivity index (χ0) is 14.1. The number of methoxy groups -OCH3 is 1. The minimum absolute atomic E-state index is 0.235. The summed E-state index contributed by atoms with van der Waals surface area (Å²) in [5, 5.41) is 13.1. The zero-order valence-electron chi connectivity index (χ0n) is 10.6. The van der Waals surface area contributed by atoms with Crippen molar-refractivity contribution in [3.8, 4) is 17.1 Å². The second kappa shape index (κ2) is 4.65. The first-order chi connectivity index (χ1) is 9.74. The third kappa shape index (κ3) is 1.78. The maximum Gasteiger partial charge on any atom is 0.180 e. The van der Waals surface area contributed by atoms with Crippen LogP contribution in [0.25, 0.3) is 22.4 Å². The lowest BCUT2D eigenvalue weighted by atomic mass is 10.2. The molecule has 0 fully saturated rings. The van der Waals surface area contributed by atoms with Gasteiger partial charge in [0.1, 0.15) is 17.0 Å². The number of para-hydroxylation sites is 1. The topological polar surface area (TPSA) is 76.7 Å². The van der Waals surface area contributed by atoms with E-state index in [0.717, 1.165) is 4.73 Å². The average molecular weight is 269 g/mol. The van der Waals surface area contributed by atoms with E-state index < -0.39 is 0 Å². The minimum Gasteiger partial charge on any atom is -0.496 e. The van der Waals surface area contributed by atoms with Gasteiger partial charge in [0.2, 0.25) is 0 Å². The summed E-state index contributed by atoms with van der Waals surface area (Å²) in [6, 6.07) is 11.9. The van der Waals surface area contributed by atoms with Crippen LogP contribution < -0.4 is 4.74 Å². The highest BCUT2D eigenvalue weighted by Crippen LogP contribution is 2.31. The molecule has 0 aliphatic heterocycles. The molecule has 0 spiro atoms. The number of benzene rings is 2. The summed E-state index contributed by atoms with van der Waals surface area (Å²) in [6.45, 7) is 0. The summed E-state index contributed by atoms with van der Waals surface area (Å²) in [6.07, 6.45) is 0. The van der Waals surface area contributed by atoms with Gasteiger partial charge in [0.25, 0.3) is 0 Å². The Morgan fingerprint density at radius 1 is 1.25 bits per heavy atom. The highest BCUT2D eigenvalue weighted by atomic mass is 16.5. The van der Waals surface area contributed by atoms with Gasteiger partial charge in [-0.1, -0.05) is 12.1 Å². The van der Waals surface area contributed by atoms with Crippen LogP contribution in [0.1, 0.15) is 0 Å². The first-order valence-corrected chi connectivity index (χ1v) is 5.93. The standard InChI is InChI=1S/C14H11N3O3/c1-20-13-5-3-2-4-10(13)14-15-11-7-6-9(16-18)8-12(11)17(14)19/h2-8,19H,1H3. The van der Waals surface area contributed by atoms with Gasteiger partial charge in [-0.25, -0.2) is 4.98 Å². The van der Waals surface area contributed by atoms with Gasteiger partial charge in [-0.15, -0.1) is 4.91 Å². The second-order valence-electron chi connectivity index (χ2n) is 4.21. The van der Waals surface area contributed by atoms with Gasteiger partial charge in [-0.05, 0) is 35.5 Å². The third-order valence-corrected chi connectivity index (χ3v) is 3.07. The SMILES string of the molecule is COc1ccccc1-c1nc2ccc(N=O)cc2n1O. The molecule has 0 aliphatic carbocycles. The van der Waals surface area contributed by atoms with Crippen molar-refractivity contribution in [2.24, 2.45) is 5.18 Å². The molecule has 0 amide bonds. The van der Waals surface area contributed by atoms with Crippen molar-refractivity contribution in [3.63, 3.8) is 0 Å². The molecule has 20 heavy (non-hydrogen) atoms. The van der Waals surface area contributed by atoms with Crippen LogP contribution in [-0.2, 0) is 0 Å². The van der Waals surface area contributed by atoms with E-state index in [4.69, 9.17) is 4.74 Å². The third-order valence-electron chi connectivity index (χ3n) is 3.07. The van der Waals surface area contributed by atoms with Crippen LogP contribution in [0.15, 0.2) is 47.6 Å². The minimum atomic E-state index is 0.235. The number of rotatable bonds is 3. The fourth-order valence-corrected chi connectivity index (χ4v) is 2.11. The van der Waals surface area contributed by atoms with Crippen LogP contribution in [0, 0.1) is 4.91 Å². The van der Waals surface area contributed by atoms with Gasteiger partial charge in [0.15, 0.2) is 5.82 Å². The largest absolute Gasteiger partial charge is 0.496 e. The summed E-state index contributed by atoms with van der Waals surface area (Å²) < 4.78 is 6.20. The van der Waals surface area contributed by atoms with Crippen molar-refractivity contribution in [3.05, 3.63) is 47.4 Å². The van der Waals surface area contributed by atoms with Crippen LogP contribution in [0.3, 0.4) is 0 Å². The molecule has 0 radical (unpaired) electrons.